The molecule has 0 aliphatic carbocycles. The normalized spacial score (nSPS) is 11.2. The molecule has 0 unspecified atom stereocenters. The Hall–Kier alpha value is -2.55. The van der Waals surface area contributed by atoms with Crippen molar-refractivity contribution in [1.82, 2.24) is 4.57 Å². The van der Waals surface area contributed by atoms with E-state index in [1.165, 1.54) is 16.5 Å². The number of aryl methyl sites for hydroxylation is 1. The minimum atomic E-state index is -0.00543. The van der Waals surface area contributed by atoms with Crippen molar-refractivity contribution in [1.29, 1.82) is 0 Å². The molecule has 0 radical (unpaired) electrons. The quantitative estimate of drug-likeness (QED) is 0.719. The van der Waals surface area contributed by atoms with Crippen molar-refractivity contribution < 1.29 is 4.79 Å². The molecular weight excluding hydrogens is 296 g/mol. The van der Waals surface area contributed by atoms with Crippen molar-refractivity contribution in [3.8, 4) is 0 Å². The Kier molecular flexibility index (Phi) is 4.43. The van der Waals surface area contributed by atoms with Crippen LogP contribution in [0.4, 0.5) is 5.69 Å². The maximum atomic E-state index is 12.4. The summed E-state index contributed by atoms with van der Waals surface area (Å²) in [5.74, 6) is 0.500. The molecule has 0 aliphatic heterocycles. The van der Waals surface area contributed by atoms with E-state index in [1.54, 1.807) is 0 Å². The number of amides is 1. The lowest BCUT2D eigenvalue weighted by Gasteiger charge is -2.12. The van der Waals surface area contributed by atoms with Gasteiger partial charge in [0.2, 0.25) is 5.91 Å². The molecule has 24 heavy (non-hydrogen) atoms. The van der Waals surface area contributed by atoms with E-state index in [0.29, 0.717) is 12.5 Å². The number of benzene rings is 2. The van der Waals surface area contributed by atoms with E-state index in [2.05, 4.69) is 56.4 Å². The second-order valence-corrected chi connectivity index (χ2v) is 6.71. The summed E-state index contributed by atoms with van der Waals surface area (Å²) in [6.07, 6.45) is 1.98. The molecule has 0 spiro atoms. The summed E-state index contributed by atoms with van der Waals surface area (Å²) in [6, 6.07) is 14.5. The molecule has 0 atom stereocenters. The average Bonchev–Trinajstić information content (AvgIpc) is 2.94. The van der Waals surface area contributed by atoms with E-state index in [1.807, 2.05) is 29.8 Å². The zero-order chi connectivity index (χ0) is 17.3. The van der Waals surface area contributed by atoms with Crippen LogP contribution in [0.25, 0.3) is 10.9 Å². The monoisotopic (exact) mass is 320 g/mol. The van der Waals surface area contributed by atoms with Gasteiger partial charge in [0, 0.05) is 17.4 Å². The lowest BCUT2D eigenvalue weighted by Crippen LogP contribution is -2.18. The number of carbonyl (C=O) groups is 1. The van der Waals surface area contributed by atoms with Crippen molar-refractivity contribution in [3.63, 3.8) is 0 Å². The van der Waals surface area contributed by atoms with Gasteiger partial charge in [0.25, 0.3) is 0 Å². The van der Waals surface area contributed by atoms with Crippen molar-refractivity contribution in [3.05, 3.63) is 65.4 Å². The maximum absolute atomic E-state index is 12.4. The molecule has 0 fully saturated rings. The molecule has 124 valence electrons. The largest absolute Gasteiger partial charge is 0.338 e. The van der Waals surface area contributed by atoms with Crippen LogP contribution in [0.2, 0.25) is 0 Å². The predicted octanol–water partition coefficient (Wildman–Crippen LogP) is 5.02. The van der Waals surface area contributed by atoms with Gasteiger partial charge in [0.15, 0.2) is 0 Å². The van der Waals surface area contributed by atoms with Crippen LogP contribution in [0.15, 0.2) is 48.7 Å². The lowest BCUT2D eigenvalue weighted by molar-refractivity contribution is -0.116. The van der Waals surface area contributed by atoms with E-state index in [9.17, 15) is 4.79 Å². The minimum absolute atomic E-state index is 0.00543. The maximum Gasteiger partial charge on any atom is 0.244 e. The van der Waals surface area contributed by atoms with E-state index >= 15 is 0 Å². The number of nitrogens with zero attached hydrogens (tertiary/aromatic N) is 1. The molecule has 1 N–H and O–H groups in total. The van der Waals surface area contributed by atoms with Gasteiger partial charge in [-0.2, -0.15) is 0 Å². The molecular formula is C21H24N2O. The molecule has 0 saturated heterocycles. The first kappa shape index (κ1) is 16.3. The molecule has 1 amide bonds. The standard InChI is InChI=1S/C21H24N2O/c1-14(2)17-8-9-20-18(12-17)10-11-23(20)13-21(24)22-19-7-5-6-15(3)16(19)4/h5-12,14H,13H2,1-4H3,(H,22,24). The van der Waals surface area contributed by atoms with Crippen LogP contribution in [0.3, 0.4) is 0 Å². The summed E-state index contributed by atoms with van der Waals surface area (Å²) in [5.41, 5.74) is 5.60. The van der Waals surface area contributed by atoms with Gasteiger partial charge in [-0.3, -0.25) is 4.79 Å². The fourth-order valence-corrected chi connectivity index (χ4v) is 2.95. The second kappa shape index (κ2) is 6.52. The Labute approximate surface area is 143 Å². The zero-order valence-electron chi connectivity index (χ0n) is 14.8. The number of hydrogen-bond donors (Lipinski definition) is 1. The third-order valence-corrected chi connectivity index (χ3v) is 4.65. The minimum Gasteiger partial charge on any atom is -0.338 e. The van der Waals surface area contributed by atoms with Crippen LogP contribution in [0.5, 0.6) is 0 Å². The molecule has 0 saturated carbocycles. The van der Waals surface area contributed by atoms with Gasteiger partial charge >= 0.3 is 0 Å². The van der Waals surface area contributed by atoms with Gasteiger partial charge in [0.05, 0.1) is 0 Å². The smallest absolute Gasteiger partial charge is 0.244 e. The molecule has 3 aromatic rings. The number of anilines is 1. The Morgan fingerprint density at radius 2 is 1.92 bits per heavy atom. The molecule has 1 heterocycles. The van der Waals surface area contributed by atoms with Crippen LogP contribution >= 0.6 is 0 Å². The highest BCUT2D eigenvalue weighted by Crippen LogP contribution is 2.23. The summed E-state index contributed by atoms with van der Waals surface area (Å²) in [4.78, 5) is 12.4. The first-order valence-electron chi connectivity index (χ1n) is 8.40. The van der Waals surface area contributed by atoms with Crippen LogP contribution in [0, 0.1) is 13.8 Å². The number of hydrogen-bond acceptors (Lipinski definition) is 1. The van der Waals surface area contributed by atoms with E-state index in [-0.39, 0.29) is 5.91 Å². The van der Waals surface area contributed by atoms with Crippen LogP contribution in [-0.4, -0.2) is 10.5 Å². The average molecular weight is 320 g/mol. The molecule has 3 rings (SSSR count). The summed E-state index contributed by atoms with van der Waals surface area (Å²) in [6.45, 7) is 8.78. The summed E-state index contributed by atoms with van der Waals surface area (Å²) >= 11 is 0. The summed E-state index contributed by atoms with van der Waals surface area (Å²) in [7, 11) is 0. The molecule has 0 bridgehead atoms. The molecule has 3 heteroatoms. The van der Waals surface area contributed by atoms with Crippen LogP contribution < -0.4 is 5.32 Å². The van der Waals surface area contributed by atoms with Gasteiger partial charge in [-0.25, -0.2) is 0 Å². The molecule has 2 aromatic carbocycles. The predicted molar refractivity (Wildman–Crippen MR) is 101 cm³/mol. The number of fused-ring (bicyclic) bond motifs is 1. The highest BCUT2D eigenvalue weighted by atomic mass is 16.1. The number of nitrogens with one attached hydrogen (secondary N) is 1. The van der Waals surface area contributed by atoms with Gasteiger partial charge in [0.1, 0.15) is 6.54 Å². The van der Waals surface area contributed by atoms with Crippen molar-refractivity contribution in [2.45, 2.75) is 40.2 Å². The topological polar surface area (TPSA) is 34.0 Å². The van der Waals surface area contributed by atoms with Crippen LogP contribution in [0.1, 0.15) is 36.5 Å². The van der Waals surface area contributed by atoms with Crippen molar-refractivity contribution in [2.24, 2.45) is 0 Å². The van der Waals surface area contributed by atoms with Crippen molar-refractivity contribution in [2.75, 3.05) is 5.32 Å². The Bertz CT molecular complexity index is 890. The first-order valence-corrected chi connectivity index (χ1v) is 8.40. The molecule has 0 aliphatic rings. The number of carbonyl (C=O) groups excluding carboxylic acids is 1. The van der Waals surface area contributed by atoms with Gasteiger partial charge in [-0.15, -0.1) is 0 Å². The van der Waals surface area contributed by atoms with Crippen LogP contribution in [-0.2, 0) is 11.3 Å². The zero-order valence-corrected chi connectivity index (χ0v) is 14.8. The van der Waals surface area contributed by atoms with Gasteiger partial charge in [-0.05, 0) is 66.1 Å². The highest BCUT2D eigenvalue weighted by Gasteiger charge is 2.10. The third-order valence-electron chi connectivity index (χ3n) is 4.65. The molecule has 1 aromatic heterocycles. The SMILES string of the molecule is Cc1cccc(NC(=O)Cn2ccc3cc(C(C)C)ccc32)c1C. The number of aromatic nitrogens is 1. The fraction of sp³-hybridized carbons (Fsp3) is 0.286. The first-order chi connectivity index (χ1) is 11.5. The Morgan fingerprint density at radius 3 is 2.67 bits per heavy atom. The second-order valence-electron chi connectivity index (χ2n) is 6.71. The summed E-state index contributed by atoms with van der Waals surface area (Å²) in [5, 5.41) is 4.21. The summed E-state index contributed by atoms with van der Waals surface area (Å²) < 4.78 is 2.00. The van der Waals surface area contributed by atoms with Crippen molar-refractivity contribution >= 4 is 22.5 Å². The highest BCUT2D eigenvalue weighted by molar-refractivity contribution is 5.93. The lowest BCUT2D eigenvalue weighted by atomic mass is 10.0. The van der Waals surface area contributed by atoms with Gasteiger partial charge in [-0.1, -0.05) is 32.0 Å². The van der Waals surface area contributed by atoms with E-state index in [4.69, 9.17) is 0 Å². The number of rotatable bonds is 4. The fourth-order valence-electron chi connectivity index (χ4n) is 2.95. The molecule has 3 nitrogen and oxygen atoms in total. The van der Waals surface area contributed by atoms with E-state index in [0.717, 1.165) is 16.8 Å². The Balaban J connectivity index is 1.79. The Morgan fingerprint density at radius 1 is 1.12 bits per heavy atom. The van der Waals surface area contributed by atoms with E-state index < -0.39 is 0 Å². The van der Waals surface area contributed by atoms with Gasteiger partial charge < -0.3 is 9.88 Å². The third kappa shape index (κ3) is 3.21.